The van der Waals surface area contributed by atoms with E-state index in [1.807, 2.05) is 24.3 Å². The van der Waals surface area contributed by atoms with E-state index in [9.17, 15) is 4.79 Å². The lowest BCUT2D eigenvalue weighted by Gasteiger charge is -2.13. The van der Waals surface area contributed by atoms with E-state index < -0.39 is 0 Å². The Kier molecular flexibility index (Phi) is 4.27. The van der Waals surface area contributed by atoms with Gasteiger partial charge in [0.05, 0.1) is 13.7 Å². The first-order valence-corrected chi connectivity index (χ1v) is 6.43. The van der Waals surface area contributed by atoms with Crippen LogP contribution in [0.2, 0.25) is 0 Å². The molecular formula is C14H20N2O3. The molecule has 0 aromatic heterocycles. The molecule has 1 saturated carbocycles. The summed E-state index contributed by atoms with van der Waals surface area (Å²) in [6.45, 7) is 1.16. The average Bonchev–Trinajstić information content (AvgIpc) is 3.24. The number of methoxy groups -OCH3 is 1. The van der Waals surface area contributed by atoms with Crippen molar-refractivity contribution in [1.29, 1.82) is 0 Å². The largest absolute Gasteiger partial charge is 0.497 e. The zero-order chi connectivity index (χ0) is 13.7. The van der Waals surface area contributed by atoms with Crippen LogP contribution >= 0.6 is 0 Å². The van der Waals surface area contributed by atoms with Gasteiger partial charge in [-0.1, -0.05) is 12.1 Å². The van der Waals surface area contributed by atoms with Gasteiger partial charge in [0.2, 0.25) is 0 Å². The van der Waals surface area contributed by atoms with Gasteiger partial charge < -0.3 is 20.5 Å². The van der Waals surface area contributed by atoms with Crippen molar-refractivity contribution in [3.63, 3.8) is 0 Å². The Labute approximate surface area is 113 Å². The van der Waals surface area contributed by atoms with Crippen LogP contribution in [0.1, 0.15) is 18.4 Å². The lowest BCUT2D eigenvalue weighted by atomic mass is 10.1. The highest BCUT2D eigenvalue weighted by molar-refractivity contribution is 5.73. The fourth-order valence-electron chi connectivity index (χ4n) is 1.82. The van der Waals surface area contributed by atoms with E-state index in [4.69, 9.17) is 9.84 Å². The molecule has 1 aromatic rings. The minimum atomic E-state index is -0.199. The standard InChI is InChI=1S/C14H20N2O3/c1-19-12-4-2-11(3-5-12)8-15-13(18)16-9-14(10-17)6-7-14/h2-5,17H,6-10H2,1H3,(H2,15,16,18). The topological polar surface area (TPSA) is 70.6 Å². The van der Waals surface area contributed by atoms with Crippen molar-refractivity contribution in [3.8, 4) is 5.75 Å². The molecular weight excluding hydrogens is 244 g/mol. The third kappa shape index (κ3) is 3.86. The smallest absolute Gasteiger partial charge is 0.315 e. The maximum absolute atomic E-state index is 11.6. The van der Waals surface area contributed by atoms with Crippen LogP contribution in [0.4, 0.5) is 4.79 Å². The monoisotopic (exact) mass is 264 g/mol. The van der Waals surface area contributed by atoms with Crippen molar-refractivity contribution in [1.82, 2.24) is 10.6 Å². The summed E-state index contributed by atoms with van der Waals surface area (Å²) in [7, 11) is 1.62. The molecule has 1 aliphatic carbocycles. The number of hydrogen-bond acceptors (Lipinski definition) is 3. The van der Waals surface area contributed by atoms with Crippen LogP contribution in [-0.2, 0) is 6.54 Å². The van der Waals surface area contributed by atoms with Gasteiger partial charge in [-0.3, -0.25) is 0 Å². The number of amides is 2. The van der Waals surface area contributed by atoms with Gasteiger partial charge in [0, 0.05) is 18.5 Å². The van der Waals surface area contributed by atoms with E-state index in [1.165, 1.54) is 0 Å². The lowest BCUT2D eigenvalue weighted by molar-refractivity contribution is 0.203. The predicted molar refractivity (Wildman–Crippen MR) is 72.0 cm³/mol. The van der Waals surface area contributed by atoms with E-state index in [1.54, 1.807) is 7.11 Å². The molecule has 1 fully saturated rings. The van der Waals surface area contributed by atoms with Gasteiger partial charge in [0.1, 0.15) is 5.75 Å². The first-order valence-electron chi connectivity index (χ1n) is 6.43. The molecule has 5 nitrogen and oxygen atoms in total. The van der Waals surface area contributed by atoms with Crippen LogP contribution in [-0.4, -0.2) is 31.4 Å². The quantitative estimate of drug-likeness (QED) is 0.724. The molecule has 0 atom stereocenters. The van der Waals surface area contributed by atoms with E-state index in [0.717, 1.165) is 24.2 Å². The van der Waals surface area contributed by atoms with Crippen molar-refractivity contribution in [2.45, 2.75) is 19.4 Å². The summed E-state index contributed by atoms with van der Waals surface area (Å²) < 4.78 is 5.07. The molecule has 1 aliphatic rings. The van der Waals surface area contributed by atoms with Crippen LogP contribution in [0, 0.1) is 5.41 Å². The molecule has 104 valence electrons. The number of urea groups is 1. The van der Waals surface area contributed by atoms with E-state index >= 15 is 0 Å². The Balaban J connectivity index is 1.70. The summed E-state index contributed by atoms with van der Waals surface area (Å²) in [5.41, 5.74) is 0.955. The second-order valence-corrected chi connectivity index (χ2v) is 5.04. The number of nitrogens with one attached hydrogen (secondary N) is 2. The molecule has 2 amide bonds. The maximum Gasteiger partial charge on any atom is 0.315 e. The molecule has 1 aromatic carbocycles. The van der Waals surface area contributed by atoms with Crippen molar-refractivity contribution in [3.05, 3.63) is 29.8 Å². The Morgan fingerprint density at radius 2 is 2.00 bits per heavy atom. The number of carbonyl (C=O) groups is 1. The second-order valence-electron chi connectivity index (χ2n) is 5.04. The third-order valence-corrected chi connectivity index (χ3v) is 3.53. The number of benzene rings is 1. The number of carbonyl (C=O) groups excluding carboxylic acids is 1. The van der Waals surface area contributed by atoms with Gasteiger partial charge in [0.25, 0.3) is 0 Å². The fourth-order valence-corrected chi connectivity index (χ4v) is 1.82. The summed E-state index contributed by atoms with van der Waals surface area (Å²) in [5, 5.41) is 14.7. The Morgan fingerprint density at radius 1 is 1.32 bits per heavy atom. The highest BCUT2D eigenvalue weighted by Crippen LogP contribution is 2.44. The molecule has 0 spiro atoms. The first-order chi connectivity index (χ1) is 9.17. The highest BCUT2D eigenvalue weighted by Gasteiger charge is 2.42. The van der Waals surface area contributed by atoms with Gasteiger partial charge in [-0.25, -0.2) is 4.79 Å². The Hall–Kier alpha value is -1.75. The third-order valence-electron chi connectivity index (χ3n) is 3.53. The number of aliphatic hydroxyl groups is 1. The number of aliphatic hydroxyl groups excluding tert-OH is 1. The summed E-state index contributed by atoms with van der Waals surface area (Å²) in [6.07, 6.45) is 1.98. The van der Waals surface area contributed by atoms with Crippen LogP contribution in [0.25, 0.3) is 0 Å². The fraction of sp³-hybridized carbons (Fsp3) is 0.500. The zero-order valence-electron chi connectivity index (χ0n) is 11.1. The van der Waals surface area contributed by atoms with Gasteiger partial charge in [0.15, 0.2) is 0 Å². The number of rotatable bonds is 6. The summed E-state index contributed by atoms with van der Waals surface area (Å²) in [4.78, 5) is 11.6. The van der Waals surface area contributed by atoms with Crippen LogP contribution in [0.5, 0.6) is 5.75 Å². The van der Waals surface area contributed by atoms with Gasteiger partial charge >= 0.3 is 6.03 Å². The van der Waals surface area contributed by atoms with Crippen molar-refractivity contribution in [2.75, 3.05) is 20.3 Å². The molecule has 2 rings (SSSR count). The van der Waals surface area contributed by atoms with Gasteiger partial charge in [-0.15, -0.1) is 0 Å². The summed E-state index contributed by atoms with van der Waals surface area (Å²) >= 11 is 0. The summed E-state index contributed by atoms with van der Waals surface area (Å²) in [5.74, 6) is 0.798. The minimum Gasteiger partial charge on any atom is -0.497 e. The normalized spacial score (nSPS) is 15.7. The van der Waals surface area contributed by atoms with Crippen LogP contribution in [0.3, 0.4) is 0 Å². The molecule has 0 unspecified atom stereocenters. The zero-order valence-corrected chi connectivity index (χ0v) is 11.1. The van der Waals surface area contributed by atoms with Crippen molar-refractivity contribution >= 4 is 6.03 Å². The molecule has 19 heavy (non-hydrogen) atoms. The maximum atomic E-state index is 11.6. The van der Waals surface area contributed by atoms with Crippen LogP contribution < -0.4 is 15.4 Å². The lowest BCUT2D eigenvalue weighted by Crippen LogP contribution is -2.39. The molecule has 5 heteroatoms. The molecule has 3 N–H and O–H groups in total. The van der Waals surface area contributed by atoms with E-state index in [2.05, 4.69) is 10.6 Å². The molecule has 0 bridgehead atoms. The van der Waals surface area contributed by atoms with Crippen molar-refractivity contribution in [2.24, 2.45) is 5.41 Å². The molecule has 0 aliphatic heterocycles. The number of ether oxygens (including phenoxy) is 1. The predicted octanol–water partition coefficient (Wildman–Crippen LogP) is 1.27. The average molecular weight is 264 g/mol. The van der Waals surface area contributed by atoms with Gasteiger partial charge in [-0.05, 0) is 30.5 Å². The SMILES string of the molecule is COc1ccc(CNC(=O)NCC2(CO)CC2)cc1. The first kappa shape index (κ1) is 13.7. The second kappa shape index (κ2) is 5.93. The van der Waals surface area contributed by atoms with Crippen molar-refractivity contribution < 1.29 is 14.6 Å². The number of hydrogen-bond donors (Lipinski definition) is 3. The molecule has 0 radical (unpaired) electrons. The highest BCUT2D eigenvalue weighted by atomic mass is 16.5. The van der Waals surface area contributed by atoms with E-state index in [0.29, 0.717) is 13.1 Å². The molecule has 0 saturated heterocycles. The van der Waals surface area contributed by atoms with Gasteiger partial charge in [-0.2, -0.15) is 0 Å². The Morgan fingerprint density at radius 3 is 2.53 bits per heavy atom. The minimum absolute atomic E-state index is 0.0581. The van der Waals surface area contributed by atoms with E-state index in [-0.39, 0.29) is 18.1 Å². The summed E-state index contributed by atoms with van der Waals surface area (Å²) in [6, 6.07) is 7.35. The van der Waals surface area contributed by atoms with Crippen LogP contribution in [0.15, 0.2) is 24.3 Å². The Bertz CT molecular complexity index is 427. The molecule has 0 heterocycles.